The van der Waals surface area contributed by atoms with Crippen LogP contribution in [-0.2, 0) is 11.3 Å². The van der Waals surface area contributed by atoms with Crippen molar-refractivity contribution in [2.24, 2.45) is 11.3 Å². The SMILES string of the molecule is CC(C)(C)C(=O)N[C@H](c1ccccn1)[C@@H]1CCCN(Cc2cccc(F)c2F)C1. The number of rotatable bonds is 5. The van der Waals surface area contributed by atoms with Gasteiger partial charge < -0.3 is 5.32 Å². The number of carbonyl (C=O) groups excluding carboxylic acids is 1. The minimum atomic E-state index is -0.820. The zero-order valence-electron chi connectivity index (χ0n) is 17.3. The Bertz CT molecular complexity index is 836. The molecular formula is C23H29F2N3O. The fraction of sp³-hybridized carbons (Fsp3) is 0.478. The van der Waals surface area contributed by atoms with Crippen LogP contribution in [0.5, 0.6) is 0 Å². The van der Waals surface area contributed by atoms with E-state index in [1.807, 2.05) is 39.0 Å². The molecule has 0 unspecified atom stereocenters. The number of likely N-dealkylation sites (tertiary alicyclic amines) is 1. The van der Waals surface area contributed by atoms with E-state index in [0.717, 1.165) is 31.1 Å². The third-order valence-electron chi connectivity index (χ3n) is 5.41. The lowest BCUT2D eigenvalue weighted by Gasteiger charge is -2.38. The molecule has 156 valence electrons. The summed E-state index contributed by atoms with van der Waals surface area (Å²) < 4.78 is 27.7. The summed E-state index contributed by atoms with van der Waals surface area (Å²) in [5.41, 5.74) is 0.680. The number of aromatic nitrogens is 1. The van der Waals surface area contributed by atoms with Gasteiger partial charge in [0, 0.05) is 30.3 Å². The van der Waals surface area contributed by atoms with Crippen molar-refractivity contribution in [2.45, 2.75) is 46.2 Å². The lowest BCUT2D eigenvalue weighted by molar-refractivity contribution is -0.130. The summed E-state index contributed by atoms with van der Waals surface area (Å²) in [7, 11) is 0. The fourth-order valence-corrected chi connectivity index (χ4v) is 3.77. The second kappa shape index (κ2) is 8.99. The smallest absolute Gasteiger partial charge is 0.225 e. The Morgan fingerprint density at radius 1 is 1.24 bits per heavy atom. The molecule has 1 N–H and O–H groups in total. The number of nitrogens with zero attached hydrogens (tertiary/aromatic N) is 2. The van der Waals surface area contributed by atoms with Gasteiger partial charge in [0.1, 0.15) is 0 Å². The van der Waals surface area contributed by atoms with Gasteiger partial charge in [-0.2, -0.15) is 0 Å². The maximum Gasteiger partial charge on any atom is 0.225 e. The molecule has 0 radical (unpaired) electrons. The van der Waals surface area contributed by atoms with Crippen LogP contribution in [0.15, 0.2) is 42.6 Å². The minimum Gasteiger partial charge on any atom is -0.347 e. The topological polar surface area (TPSA) is 45.2 Å². The van der Waals surface area contributed by atoms with Crippen molar-refractivity contribution in [3.63, 3.8) is 0 Å². The van der Waals surface area contributed by atoms with Crippen LogP contribution in [0, 0.1) is 23.0 Å². The van der Waals surface area contributed by atoms with Crippen LogP contribution < -0.4 is 5.32 Å². The van der Waals surface area contributed by atoms with E-state index in [1.165, 1.54) is 6.07 Å². The van der Waals surface area contributed by atoms with Gasteiger partial charge in [-0.05, 0) is 43.5 Å². The van der Waals surface area contributed by atoms with E-state index in [2.05, 4.69) is 15.2 Å². The quantitative estimate of drug-likeness (QED) is 0.804. The summed E-state index contributed by atoms with van der Waals surface area (Å²) >= 11 is 0. The van der Waals surface area contributed by atoms with Gasteiger partial charge in [-0.25, -0.2) is 8.78 Å². The van der Waals surface area contributed by atoms with E-state index in [0.29, 0.717) is 18.7 Å². The molecule has 0 aliphatic carbocycles. The van der Waals surface area contributed by atoms with Gasteiger partial charge in [-0.3, -0.25) is 14.7 Å². The lowest BCUT2D eigenvalue weighted by Crippen LogP contribution is -2.45. The van der Waals surface area contributed by atoms with E-state index < -0.39 is 17.0 Å². The third-order valence-corrected chi connectivity index (χ3v) is 5.41. The first kappa shape index (κ1) is 21.4. The molecular weight excluding hydrogens is 372 g/mol. The average molecular weight is 402 g/mol. The first-order valence-electron chi connectivity index (χ1n) is 10.1. The van der Waals surface area contributed by atoms with Crippen LogP contribution in [0.25, 0.3) is 0 Å². The molecule has 2 aromatic rings. The Kier molecular flexibility index (Phi) is 6.63. The maximum atomic E-state index is 14.1. The van der Waals surface area contributed by atoms with Crippen LogP contribution in [-0.4, -0.2) is 28.9 Å². The monoisotopic (exact) mass is 401 g/mol. The Labute approximate surface area is 171 Å². The number of hydrogen-bond acceptors (Lipinski definition) is 3. The minimum absolute atomic E-state index is 0.0264. The van der Waals surface area contributed by atoms with Crippen molar-refractivity contribution < 1.29 is 13.6 Å². The van der Waals surface area contributed by atoms with E-state index >= 15 is 0 Å². The molecule has 1 fully saturated rings. The highest BCUT2D eigenvalue weighted by Crippen LogP contribution is 2.31. The predicted molar refractivity (Wildman–Crippen MR) is 109 cm³/mol. The van der Waals surface area contributed by atoms with E-state index in [9.17, 15) is 13.6 Å². The number of benzene rings is 1. The normalized spacial score (nSPS) is 19.0. The van der Waals surface area contributed by atoms with Gasteiger partial charge >= 0.3 is 0 Å². The second-order valence-electron chi connectivity index (χ2n) is 8.81. The van der Waals surface area contributed by atoms with Gasteiger partial charge in [0.05, 0.1) is 11.7 Å². The number of halogens is 2. The Morgan fingerprint density at radius 3 is 2.72 bits per heavy atom. The molecule has 1 aromatic heterocycles. The number of piperidine rings is 1. The largest absolute Gasteiger partial charge is 0.347 e. The third kappa shape index (κ3) is 5.38. The number of amides is 1. The standard InChI is InChI=1S/C23H29F2N3O/c1-23(2,3)22(29)27-21(19-11-4-5-12-26-19)17-9-7-13-28(15-17)14-16-8-6-10-18(24)20(16)25/h4-6,8,10-12,17,21H,7,9,13-15H2,1-3H3,(H,27,29)/t17-,21+/m1/s1. The summed E-state index contributed by atoms with van der Waals surface area (Å²) in [5, 5.41) is 3.19. The fourth-order valence-electron chi connectivity index (χ4n) is 3.77. The van der Waals surface area contributed by atoms with Gasteiger partial charge in [-0.15, -0.1) is 0 Å². The van der Waals surface area contributed by atoms with Gasteiger partial charge in [0.2, 0.25) is 5.91 Å². The van der Waals surface area contributed by atoms with Crippen LogP contribution in [0.2, 0.25) is 0 Å². The molecule has 29 heavy (non-hydrogen) atoms. The Hall–Kier alpha value is -2.34. The van der Waals surface area contributed by atoms with Crippen molar-refractivity contribution in [1.29, 1.82) is 0 Å². The first-order valence-corrected chi connectivity index (χ1v) is 10.1. The molecule has 1 aromatic carbocycles. The highest BCUT2D eigenvalue weighted by Gasteiger charge is 2.33. The van der Waals surface area contributed by atoms with Crippen LogP contribution in [0.4, 0.5) is 8.78 Å². The highest BCUT2D eigenvalue weighted by atomic mass is 19.2. The van der Waals surface area contributed by atoms with Crippen molar-refractivity contribution in [2.75, 3.05) is 13.1 Å². The number of nitrogens with one attached hydrogen (secondary N) is 1. The molecule has 6 heteroatoms. The van der Waals surface area contributed by atoms with Crippen LogP contribution in [0.1, 0.15) is 50.9 Å². The molecule has 2 heterocycles. The summed E-state index contributed by atoms with van der Waals surface area (Å²) in [6.45, 7) is 7.51. The lowest BCUT2D eigenvalue weighted by atomic mass is 9.86. The molecule has 1 aliphatic rings. The summed E-state index contributed by atoms with van der Waals surface area (Å²) in [4.78, 5) is 19.3. The number of pyridine rings is 1. The van der Waals surface area contributed by atoms with Crippen molar-refractivity contribution in [1.82, 2.24) is 15.2 Å². The van der Waals surface area contributed by atoms with Crippen molar-refractivity contribution in [3.05, 3.63) is 65.5 Å². The molecule has 1 saturated heterocycles. The van der Waals surface area contributed by atoms with Crippen LogP contribution in [0.3, 0.4) is 0 Å². The molecule has 1 amide bonds. The van der Waals surface area contributed by atoms with E-state index in [1.54, 1.807) is 12.3 Å². The van der Waals surface area contributed by atoms with Gasteiger partial charge in [0.15, 0.2) is 11.6 Å². The summed E-state index contributed by atoms with van der Waals surface area (Å²) in [6.07, 6.45) is 3.60. The second-order valence-corrected chi connectivity index (χ2v) is 8.81. The van der Waals surface area contributed by atoms with Gasteiger partial charge in [0.25, 0.3) is 0 Å². The first-order chi connectivity index (χ1) is 13.8. The zero-order chi connectivity index (χ0) is 21.0. The molecule has 3 rings (SSSR count). The van der Waals surface area contributed by atoms with E-state index in [-0.39, 0.29) is 17.9 Å². The van der Waals surface area contributed by atoms with Crippen LogP contribution >= 0.6 is 0 Å². The molecule has 0 saturated carbocycles. The molecule has 1 aliphatic heterocycles. The van der Waals surface area contributed by atoms with Crippen molar-refractivity contribution in [3.8, 4) is 0 Å². The predicted octanol–water partition coefficient (Wildman–Crippen LogP) is 4.48. The summed E-state index contributed by atoms with van der Waals surface area (Å²) in [6, 6.07) is 9.78. The van der Waals surface area contributed by atoms with Gasteiger partial charge in [-0.1, -0.05) is 39.0 Å². The Balaban J connectivity index is 1.78. The number of hydrogen-bond donors (Lipinski definition) is 1. The van der Waals surface area contributed by atoms with E-state index in [4.69, 9.17) is 0 Å². The molecule has 4 nitrogen and oxygen atoms in total. The maximum absolute atomic E-state index is 14.1. The van der Waals surface area contributed by atoms with Crippen molar-refractivity contribution >= 4 is 5.91 Å². The average Bonchev–Trinajstić information content (AvgIpc) is 2.69. The molecule has 2 atom stereocenters. The summed E-state index contributed by atoms with van der Waals surface area (Å²) in [5.74, 6) is -1.49. The zero-order valence-corrected chi connectivity index (χ0v) is 17.3. The Morgan fingerprint density at radius 2 is 2.03 bits per heavy atom. The molecule has 0 bridgehead atoms. The highest BCUT2D eigenvalue weighted by molar-refractivity contribution is 5.81. The number of carbonyl (C=O) groups is 1. The molecule has 0 spiro atoms.